The predicted molar refractivity (Wildman–Crippen MR) is 121 cm³/mol. The fraction of sp³-hybridized carbons (Fsp3) is 0.217. The molecule has 4 rings (SSSR count). The molecule has 1 aliphatic rings. The van der Waals surface area contributed by atoms with Crippen LogP contribution in [0.5, 0.6) is 0 Å². The first-order valence-electron chi connectivity index (χ1n) is 9.75. The molecular weight excluding hydrogens is 434 g/mol. The van der Waals surface area contributed by atoms with Crippen LogP contribution in [0.25, 0.3) is 6.08 Å². The van der Waals surface area contributed by atoms with Crippen molar-refractivity contribution in [2.24, 2.45) is 4.99 Å². The minimum absolute atomic E-state index is 0.250. The molecule has 3 heterocycles. The lowest BCUT2D eigenvalue weighted by Gasteiger charge is -2.26. The zero-order valence-corrected chi connectivity index (χ0v) is 18.8. The van der Waals surface area contributed by atoms with Gasteiger partial charge in [0.05, 0.1) is 21.9 Å². The molecule has 3 aromatic rings. The van der Waals surface area contributed by atoms with E-state index >= 15 is 0 Å². The Bertz CT molecular complexity index is 1360. The highest BCUT2D eigenvalue weighted by atomic mass is 35.5. The van der Waals surface area contributed by atoms with Gasteiger partial charge in [-0.05, 0) is 50.1 Å². The van der Waals surface area contributed by atoms with E-state index in [4.69, 9.17) is 16.3 Å². The number of carbonyl (C=O) groups is 1. The van der Waals surface area contributed by atoms with E-state index in [1.54, 1.807) is 57.4 Å². The Kier molecular flexibility index (Phi) is 5.89. The molecular formula is C23H20ClN3O3S. The molecule has 0 spiro atoms. The highest BCUT2D eigenvalue weighted by Gasteiger charge is 2.34. The van der Waals surface area contributed by atoms with Crippen molar-refractivity contribution in [2.75, 3.05) is 0 Å². The molecule has 0 saturated carbocycles. The standard InChI is InChI=1S/C23H20ClN3O3S/c1-13(2)30-22(29)19-14(3)26-23-27(20(19)16-8-4-5-9-17(16)24)21(28)18(31-23)11-15-7-6-10-25-12-15/h4-13,20H,1-3H3. The number of hydrogen-bond acceptors (Lipinski definition) is 6. The van der Waals surface area contributed by atoms with Gasteiger partial charge in [0.1, 0.15) is 6.04 Å². The minimum Gasteiger partial charge on any atom is -0.459 e. The molecule has 158 valence electrons. The van der Waals surface area contributed by atoms with Crippen LogP contribution in [0, 0.1) is 0 Å². The van der Waals surface area contributed by atoms with Crippen LogP contribution in [0.3, 0.4) is 0 Å². The zero-order chi connectivity index (χ0) is 22.1. The summed E-state index contributed by atoms with van der Waals surface area (Å²) in [5.74, 6) is -0.511. The number of carbonyl (C=O) groups excluding carboxylic acids is 1. The fourth-order valence-corrected chi connectivity index (χ4v) is 4.75. The third-order valence-corrected chi connectivity index (χ3v) is 6.09. The van der Waals surface area contributed by atoms with E-state index < -0.39 is 12.0 Å². The molecule has 1 aromatic carbocycles. The van der Waals surface area contributed by atoms with Crippen LogP contribution >= 0.6 is 22.9 Å². The van der Waals surface area contributed by atoms with Gasteiger partial charge in [0, 0.05) is 17.4 Å². The number of rotatable bonds is 4. The number of halogens is 1. The first kappa shape index (κ1) is 21.2. The van der Waals surface area contributed by atoms with E-state index in [2.05, 4.69) is 9.98 Å². The van der Waals surface area contributed by atoms with Crippen LogP contribution in [0.1, 0.15) is 37.9 Å². The number of allylic oxidation sites excluding steroid dienone is 1. The van der Waals surface area contributed by atoms with Crippen molar-refractivity contribution in [3.63, 3.8) is 0 Å². The third-order valence-electron chi connectivity index (χ3n) is 4.77. The lowest BCUT2D eigenvalue weighted by atomic mass is 9.96. The van der Waals surface area contributed by atoms with Gasteiger partial charge in [0.25, 0.3) is 5.56 Å². The molecule has 8 heteroatoms. The van der Waals surface area contributed by atoms with Crippen LogP contribution in [-0.4, -0.2) is 21.6 Å². The van der Waals surface area contributed by atoms with Crippen molar-refractivity contribution < 1.29 is 9.53 Å². The quantitative estimate of drug-likeness (QED) is 0.568. The lowest BCUT2D eigenvalue weighted by Crippen LogP contribution is -2.40. The predicted octanol–water partition coefficient (Wildman–Crippen LogP) is 3.24. The van der Waals surface area contributed by atoms with Crippen molar-refractivity contribution in [1.82, 2.24) is 9.55 Å². The number of ether oxygens (including phenoxy) is 1. The average molecular weight is 454 g/mol. The van der Waals surface area contributed by atoms with Gasteiger partial charge in [0.2, 0.25) is 0 Å². The van der Waals surface area contributed by atoms with Gasteiger partial charge in [-0.1, -0.05) is 47.2 Å². The van der Waals surface area contributed by atoms with Crippen molar-refractivity contribution in [2.45, 2.75) is 32.9 Å². The molecule has 0 bridgehead atoms. The van der Waals surface area contributed by atoms with Crippen LogP contribution < -0.4 is 14.9 Å². The topological polar surface area (TPSA) is 73.6 Å². The number of nitrogens with zero attached hydrogens (tertiary/aromatic N) is 3. The van der Waals surface area contributed by atoms with Gasteiger partial charge >= 0.3 is 5.97 Å². The molecule has 0 N–H and O–H groups in total. The van der Waals surface area contributed by atoms with Gasteiger partial charge in [-0.15, -0.1) is 0 Å². The highest BCUT2D eigenvalue weighted by Crippen LogP contribution is 2.34. The van der Waals surface area contributed by atoms with E-state index in [9.17, 15) is 9.59 Å². The van der Waals surface area contributed by atoms with Crippen LogP contribution in [0.4, 0.5) is 0 Å². The van der Waals surface area contributed by atoms with E-state index in [1.165, 1.54) is 15.9 Å². The Morgan fingerprint density at radius 1 is 1.26 bits per heavy atom. The maximum absolute atomic E-state index is 13.5. The van der Waals surface area contributed by atoms with Gasteiger partial charge in [-0.25, -0.2) is 9.79 Å². The molecule has 0 amide bonds. The summed E-state index contributed by atoms with van der Waals surface area (Å²) < 4.78 is 7.50. The summed E-state index contributed by atoms with van der Waals surface area (Å²) in [6.45, 7) is 5.31. The van der Waals surface area contributed by atoms with E-state index in [1.807, 2.05) is 18.2 Å². The summed E-state index contributed by atoms with van der Waals surface area (Å²) in [6, 6.07) is 10.1. The Labute approximate surface area is 187 Å². The van der Waals surface area contributed by atoms with E-state index in [-0.39, 0.29) is 11.7 Å². The number of aromatic nitrogens is 2. The summed E-state index contributed by atoms with van der Waals surface area (Å²) in [4.78, 5) is 35.6. The van der Waals surface area contributed by atoms with Gasteiger partial charge < -0.3 is 4.74 Å². The summed E-state index contributed by atoms with van der Waals surface area (Å²) in [6.07, 6.45) is 4.81. The number of thiazole rings is 1. The largest absolute Gasteiger partial charge is 0.459 e. The molecule has 2 aromatic heterocycles. The molecule has 0 saturated heterocycles. The lowest BCUT2D eigenvalue weighted by molar-refractivity contribution is -0.143. The Morgan fingerprint density at radius 2 is 2.03 bits per heavy atom. The normalized spacial score (nSPS) is 16.3. The van der Waals surface area contributed by atoms with Crippen molar-refractivity contribution in [3.8, 4) is 0 Å². The Balaban J connectivity index is 1.98. The second-order valence-electron chi connectivity index (χ2n) is 7.34. The average Bonchev–Trinajstić information content (AvgIpc) is 3.02. The second kappa shape index (κ2) is 8.61. The smallest absolute Gasteiger partial charge is 0.338 e. The first-order chi connectivity index (χ1) is 14.9. The summed E-state index contributed by atoms with van der Waals surface area (Å²) >= 11 is 7.77. The second-order valence-corrected chi connectivity index (χ2v) is 8.76. The Hall–Kier alpha value is -3.03. The number of pyridine rings is 1. The molecule has 1 atom stereocenters. The molecule has 0 aliphatic carbocycles. The SMILES string of the molecule is CC1=C(C(=O)OC(C)C)C(c2ccccc2Cl)n2c(sc(=Cc3cccnc3)c2=O)=N1. The number of fused-ring (bicyclic) bond motifs is 1. The molecule has 1 unspecified atom stereocenters. The molecule has 0 radical (unpaired) electrons. The first-order valence-corrected chi connectivity index (χ1v) is 10.9. The number of esters is 1. The maximum atomic E-state index is 13.5. The summed E-state index contributed by atoms with van der Waals surface area (Å²) in [5.41, 5.74) is 2.01. The monoisotopic (exact) mass is 453 g/mol. The van der Waals surface area contributed by atoms with Crippen LogP contribution in [0.15, 0.2) is 69.8 Å². The van der Waals surface area contributed by atoms with Gasteiger partial charge in [-0.2, -0.15) is 0 Å². The fourth-order valence-electron chi connectivity index (χ4n) is 3.46. The molecule has 0 fully saturated rings. The summed E-state index contributed by atoms with van der Waals surface area (Å²) in [7, 11) is 0. The van der Waals surface area contributed by atoms with Gasteiger partial charge in [0.15, 0.2) is 4.80 Å². The van der Waals surface area contributed by atoms with Crippen molar-refractivity contribution in [1.29, 1.82) is 0 Å². The highest BCUT2D eigenvalue weighted by molar-refractivity contribution is 7.07. The zero-order valence-electron chi connectivity index (χ0n) is 17.2. The third kappa shape index (κ3) is 4.11. The van der Waals surface area contributed by atoms with Crippen molar-refractivity contribution >= 4 is 35.0 Å². The summed E-state index contributed by atoms with van der Waals surface area (Å²) in [5, 5.41) is 0.457. The van der Waals surface area contributed by atoms with Crippen molar-refractivity contribution in [3.05, 3.63) is 95.9 Å². The van der Waals surface area contributed by atoms with Gasteiger partial charge in [-0.3, -0.25) is 14.3 Å². The number of hydrogen-bond donors (Lipinski definition) is 0. The van der Waals surface area contributed by atoms with Crippen LogP contribution in [0.2, 0.25) is 5.02 Å². The molecule has 1 aliphatic heterocycles. The molecule has 31 heavy (non-hydrogen) atoms. The minimum atomic E-state index is -0.729. The maximum Gasteiger partial charge on any atom is 0.338 e. The number of benzene rings is 1. The van der Waals surface area contributed by atoms with Crippen LogP contribution in [-0.2, 0) is 9.53 Å². The molecule has 6 nitrogen and oxygen atoms in total. The van der Waals surface area contributed by atoms with E-state index in [0.29, 0.717) is 31.2 Å². The van der Waals surface area contributed by atoms with E-state index in [0.717, 1.165) is 5.56 Å². The Morgan fingerprint density at radius 3 is 2.71 bits per heavy atom.